The zero-order valence-electron chi connectivity index (χ0n) is 16.6. The average Bonchev–Trinajstić information content (AvgIpc) is 3.11. The molecule has 30 heavy (non-hydrogen) atoms. The van der Waals surface area contributed by atoms with Crippen molar-refractivity contribution in [3.63, 3.8) is 0 Å². The number of benzene rings is 2. The zero-order chi connectivity index (χ0) is 21.1. The highest BCUT2D eigenvalue weighted by atomic mass is 32.1. The van der Waals surface area contributed by atoms with Crippen LogP contribution in [0.2, 0.25) is 0 Å². The van der Waals surface area contributed by atoms with Crippen LogP contribution in [-0.4, -0.2) is 27.0 Å². The van der Waals surface area contributed by atoms with Gasteiger partial charge in [-0.1, -0.05) is 12.1 Å². The number of ether oxygens (including phenoxy) is 1. The van der Waals surface area contributed by atoms with Gasteiger partial charge in [0.15, 0.2) is 5.13 Å². The number of nitrogens with zero attached hydrogens (tertiary/aromatic N) is 3. The van der Waals surface area contributed by atoms with Gasteiger partial charge in [0.05, 0.1) is 29.5 Å². The number of thiazole rings is 1. The van der Waals surface area contributed by atoms with E-state index < -0.39 is 0 Å². The van der Waals surface area contributed by atoms with Gasteiger partial charge in [0.2, 0.25) is 5.91 Å². The lowest BCUT2D eigenvalue weighted by Gasteiger charge is -2.06. The second kappa shape index (κ2) is 8.46. The molecule has 2 aromatic heterocycles. The summed E-state index contributed by atoms with van der Waals surface area (Å²) in [5, 5.41) is 3.76. The van der Waals surface area contributed by atoms with Crippen LogP contribution in [0.5, 0.6) is 5.75 Å². The average molecular weight is 420 g/mol. The maximum atomic E-state index is 12.6. The van der Waals surface area contributed by atoms with E-state index in [0.717, 1.165) is 21.9 Å². The monoisotopic (exact) mass is 420 g/mol. The molecule has 4 aromatic rings. The van der Waals surface area contributed by atoms with Crippen molar-refractivity contribution < 1.29 is 9.53 Å². The number of hydrogen-bond acceptors (Lipinski definition) is 6. The Bertz CT molecular complexity index is 1260. The first-order valence-corrected chi connectivity index (χ1v) is 10.3. The number of aryl methyl sites for hydroxylation is 1. The van der Waals surface area contributed by atoms with Gasteiger partial charge in [-0.15, -0.1) is 11.3 Å². The highest BCUT2D eigenvalue weighted by molar-refractivity contribution is 7.16. The Hall–Kier alpha value is -3.52. The van der Waals surface area contributed by atoms with E-state index in [1.807, 2.05) is 44.2 Å². The number of carbonyl (C=O) groups excluding carboxylic acids is 1. The topological polar surface area (TPSA) is 86.1 Å². The third-order valence-electron chi connectivity index (χ3n) is 4.53. The largest absolute Gasteiger partial charge is 0.494 e. The quantitative estimate of drug-likeness (QED) is 0.512. The van der Waals surface area contributed by atoms with Crippen LogP contribution in [0.4, 0.5) is 5.13 Å². The van der Waals surface area contributed by atoms with Crippen molar-refractivity contribution in [2.45, 2.75) is 20.4 Å². The molecule has 0 bridgehead atoms. The molecule has 0 saturated carbocycles. The Labute approximate surface area is 177 Å². The molecule has 0 radical (unpaired) electrons. The van der Waals surface area contributed by atoms with E-state index in [9.17, 15) is 9.59 Å². The summed E-state index contributed by atoms with van der Waals surface area (Å²) in [5.74, 6) is 0.471. The van der Waals surface area contributed by atoms with Crippen molar-refractivity contribution in [2.24, 2.45) is 0 Å². The number of fused-ring (bicyclic) bond motifs is 1. The van der Waals surface area contributed by atoms with Crippen molar-refractivity contribution in [2.75, 3.05) is 11.9 Å². The molecule has 4 rings (SSSR count). The number of hydrogen-bond donors (Lipinski definition) is 1. The molecule has 1 amide bonds. The van der Waals surface area contributed by atoms with Crippen LogP contribution in [0, 0.1) is 6.92 Å². The summed E-state index contributed by atoms with van der Waals surface area (Å²) in [5.41, 5.74) is 2.11. The molecule has 2 aromatic carbocycles. The van der Waals surface area contributed by atoms with Crippen LogP contribution >= 0.6 is 11.3 Å². The maximum Gasteiger partial charge on any atom is 0.261 e. The van der Waals surface area contributed by atoms with Gasteiger partial charge in [-0.05, 0) is 50.2 Å². The molecule has 0 aliphatic heterocycles. The van der Waals surface area contributed by atoms with Gasteiger partial charge in [-0.3, -0.25) is 14.2 Å². The summed E-state index contributed by atoms with van der Waals surface area (Å²) in [6.45, 7) is 4.38. The minimum Gasteiger partial charge on any atom is -0.494 e. The molecule has 0 aliphatic rings. The Morgan fingerprint density at radius 1 is 1.17 bits per heavy atom. The second-order valence-corrected chi connectivity index (χ2v) is 7.83. The first-order valence-electron chi connectivity index (χ1n) is 9.50. The van der Waals surface area contributed by atoms with Gasteiger partial charge in [0.1, 0.15) is 12.3 Å². The predicted octanol–water partition coefficient (Wildman–Crippen LogP) is 3.87. The Morgan fingerprint density at radius 3 is 2.70 bits per heavy atom. The number of carbonyl (C=O) groups is 1. The number of para-hydroxylation sites is 1. The number of amides is 1. The lowest BCUT2D eigenvalue weighted by Crippen LogP contribution is -2.27. The van der Waals surface area contributed by atoms with E-state index in [0.29, 0.717) is 22.6 Å². The third kappa shape index (κ3) is 4.08. The van der Waals surface area contributed by atoms with Crippen molar-refractivity contribution in [1.82, 2.24) is 14.5 Å². The summed E-state index contributed by atoms with van der Waals surface area (Å²) in [7, 11) is 0. The Balaban J connectivity index is 1.50. The highest BCUT2D eigenvalue weighted by Gasteiger charge is 2.14. The van der Waals surface area contributed by atoms with Gasteiger partial charge in [-0.25, -0.2) is 9.97 Å². The zero-order valence-corrected chi connectivity index (χ0v) is 17.4. The molecule has 2 heterocycles. The minimum absolute atomic E-state index is 0.131. The van der Waals surface area contributed by atoms with Crippen molar-refractivity contribution in [1.29, 1.82) is 0 Å². The summed E-state index contributed by atoms with van der Waals surface area (Å²) in [6, 6.07) is 14.7. The first kappa shape index (κ1) is 19.8. The number of aromatic nitrogens is 3. The van der Waals surface area contributed by atoms with Gasteiger partial charge in [0.25, 0.3) is 5.56 Å². The SMILES string of the molecule is CCOc1ccc(-c2nc(NC(=O)Cn3cnc4ccccc4c3=O)sc2C)cc1. The second-order valence-electron chi connectivity index (χ2n) is 6.62. The van der Waals surface area contributed by atoms with Gasteiger partial charge in [0, 0.05) is 10.4 Å². The molecule has 1 N–H and O–H groups in total. The molecule has 7 nitrogen and oxygen atoms in total. The predicted molar refractivity (Wildman–Crippen MR) is 118 cm³/mol. The number of nitrogens with one attached hydrogen (secondary N) is 1. The number of anilines is 1. The molecular formula is C22H20N4O3S. The van der Waals surface area contributed by atoms with E-state index >= 15 is 0 Å². The molecular weight excluding hydrogens is 400 g/mol. The van der Waals surface area contributed by atoms with E-state index in [1.165, 1.54) is 22.2 Å². The number of rotatable bonds is 6. The van der Waals surface area contributed by atoms with Gasteiger partial charge >= 0.3 is 0 Å². The van der Waals surface area contributed by atoms with Crippen LogP contribution in [-0.2, 0) is 11.3 Å². The lowest BCUT2D eigenvalue weighted by molar-refractivity contribution is -0.116. The van der Waals surface area contributed by atoms with Crippen molar-refractivity contribution in [3.05, 3.63) is 70.1 Å². The Morgan fingerprint density at radius 2 is 1.93 bits per heavy atom. The molecule has 0 aliphatic carbocycles. The van der Waals surface area contributed by atoms with Gasteiger partial charge < -0.3 is 10.1 Å². The molecule has 0 spiro atoms. The Kier molecular flexibility index (Phi) is 5.58. The van der Waals surface area contributed by atoms with E-state index in [4.69, 9.17) is 4.74 Å². The van der Waals surface area contributed by atoms with Crippen molar-refractivity contribution >= 4 is 33.3 Å². The fourth-order valence-corrected chi connectivity index (χ4v) is 3.98. The smallest absolute Gasteiger partial charge is 0.261 e. The van der Waals surface area contributed by atoms with Crippen LogP contribution < -0.4 is 15.6 Å². The maximum absolute atomic E-state index is 12.6. The third-order valence-corrected chi connectivity index (χ3v) is 5.41. The van der Waals surface area contributed by atoms with Crippen LogP contribution in [0.1, 0.15) is 11.8 Å². The summed E-state index contributed by atoms with van der Waals surface area (Å²) < 4.78 is 6.77. The van der Waals surface area contributed by atoms with Crippen LogP contribution in [0.3, 0.4) is 0 Å². The van der Waals surface area contributed by atoms with Crippen molar-refractivity contribution in [3.8, 4) is 17.0 Å². The summed E-state index contributed by atoms with van der Waals surface area (Å²) >= 11 is 1.39. The van der Waals surface area contributed by atoms with Crippen LogP contribution in [0.25, 0.3) is 22.2 Å². The van der Waals surface area contributed by atoms with E-state index in [1.54, 1.807) is 18.2 Å². The molecule has 0 atom stereocenters. The van der Waals surface area contributed by atoms with Crippen LogP contribution in [0.15, 0.2) is 59.7 Å². The molecule has 152 valence electrons. The molecule has 0 fully saturated rings. The van der Waals surface area contributed by atoms with E-state index in [2.05, 4.69) is 15.3 Å². The fourth-order valence-electron chi connectivity index (χ4n) is 3.13. The molecule has 0 unspecified atom stereocenters. The fraction of sp³-hybridized carbons (Fsp3) is 0.182. The summed E-state index contributed by atoms with van der Waals surface area (Å²) in [4.78, 5) is 34.8. The molecule has 8 heteroatoms. The normalized spacial score (nSPS) is 10.9. The summed E-state index contributed by atoms with van der Waals surface area (Å²) in [6.07, 6.45) is 1.39. The highest BCUT2D eigenvalue weighted by Crippen LogP contribution is 2.31. The minimum atomic E-state index is -0.332. The molecule has 0 saturated heterocycles. The van der Waals surface area contributed by atoms with Gasteiger partial charge in [-0.2, -0.15) is 0 Å². The lowest BCUT2D eigenvalue weighted by atomic mass is 10.1. The van der Waals surface area contributed by atoms with E-state index in [-0.39, 0.29) is 18.0 Å². The standard InChI is InChI=1S/C22H20N4O3S/c1-3-29-16-10-8-15(9-11-16)20-14(2)30-22(25-20)24-19(27)12-26-13-23-18-7-5-4-6-17(18)21(26)28/h4-11,13H,3,12H2,1-2H3,(H,24,25,27). The first-order chi connectivity index (χ1) is 14.5.